The molecule has 2 aromatic rings. The van der Waals surface area contributed by atoms with Crippen molar-refractivity contribution in [2.75, 3.05) is 4.43 Å². The molecule has 102 valence electrons. The smallest absolute Gasteiger partial charge is 0.0702 e. The van der Waals surface area contributed by atoms with Gasteiger partial charge in [-0.3, -0.25) is 4.98 Å². The Labute approximate surface area is 134 Å². The molecule has 0 fully saturated rings. The number of pyridine rings is 1. The summed E-state index contributed by atoms with van der Waals surface area (Å²) in [5.41, 5.74) is 2.03. The van der Waals surface area contributed by atoms with Crippen LogP contribution in [0.1, 0.15) is 31.2 Å². The van der Waals surface area contributed by atoms with Crippen molar-refractivity contribution in [3.05, 3.63) is 54.2 Å². The van der Waals surface area contributed by atoms with Crippen molar-refractivity contribution in [2.45, 2.75) is 25.7 Å². The maximum Gasteiger partial charge on any atom is 0.0702 e. The summed E-state index contributed by atoms with van der Waals surface area (Å²) in [7, 11) is 0. The molecule has 0 spiro atoms. The zero-order valence-corrected chi connectivity index (χ0v) is 13.6. The molecule has 1 heterocycles. The van der Waals surface area contributed by atoms with Crippen LogP contribution in [-0.4, -0.2) is 9.41 Å². The van der Waals surface area contributed by atoms with Gasteiger partial charge in [0.1, 0.15) is 0 Å². The van der Waals surface area contributed by atoms with Gasteiger partial charge in [-0.25, -0.2) is 0 Å². The average Bonchev–Trinajstić information content (AvgIpc) is 2.50. The first kappa shape index (κ1) is 15.1. The first-order valence-corrected chi connectivity index (χ1v) is 8.47. The molecule has 0 atom stereocenters. The van der Waals surface area contributed by atoms with E-state index in [1.807, 2.05) is 24.4 Å². The lowest BCUT2D eigenvalue weighted by molar-refractivity contribution is 0.882. The van der Waals surface area contributed by atoms with E-state index in [1.54, 1.807) is 0 Å². The van der Waals surface area contributed by atoms with Gasteiger partial charge in [-0.05, 0) is 31.4 Å². The Morgan fingerprint density at radius 3 is 2.90 bits per heavy atom. The third-order valence-corrected chi connectivity index (χ3v) is 3.56. The number of unbranched alkanes of at least 4 members (excludes halogenated alkanes) is 2. The topological polar surface area (TPSA) is 12.9 Å². The van der Waals surface area contributed by atoms with Crippen LogP contribution in [0.15, 0.2) is 48.7 Å². The summed E-state index contributed by atoms with van der Waals surface area (Å²) in [4.78, 5) is 4.42. The molecule has 0 aliphatic carbocycles. The monoisotopic (exact) mass is 375 g/mol. The molecule has 0 saturated heterocycles. The summed E-state index contributed by atoms with van der Waals surface area (Å²) in [6.07, 6.45) is 10.8. The minimum Gasteiger partial charge on any atom is -0.255 e. The molecule has 0 unspecified atom stereocenters. The second-order valence-electron chi connectivity index (χ2n) is 4.56. The van der Waals surface area contributed by atoms with E-state index >= 15 is 0 Å². The summed E-state index contributed by atoms with van der Waals surface area (Å²) in [5, 5.41) is 1.15. The molecule has 0 aliphatic heterocycles. The van der Waals surface area contributed by atoms with Crippen LogP contribution in [-0.2, 0) is 0 Å². The van der Waals surface area contributed by atoms with Crippen LogP contribution in [0.3, 0.4) is 0 Å². The van der Waals surface area contributed by atoms with Crippen LogP contribution < -0.4 is 0 Å². The number of fused-ring (bicyclic) bond motifs is 1. The third kappa shape index (κ3) is 4.97. The largest absolute Gasteiger partial charge is 0.255 e. The average molecular weight is 375 g/mol. The van der Waals surface area contributed by atoms with Crippen LogP contribution in [0.5, 0.6) is 0 Å². The van der Waals surface area contributed by atoms with Crippen molar-refractivity contribution in [2.24, 2.45) is 0 Å². The first-order chi connectivity index (χ1) is 9.90. The van der Waals surface area contributed by atoms with E-state index in [-0.39, 0.29) is 0 Å². The minimum absolute atomic E-state index is 0.946. The van der Waals surface area contributed by atoms with Crippen LogP contribution >= 0.6 is 22.6 Å². The van der Waals surface area contributed by atoms with Crippen LogP contribution in [0, 0.1) is 11.8 Å². The summed E-state index contributed by atoms with van der Waals surface area (Å²) >= 11 is 2.39. The van der Waals surface area contributed by atoms with E-state index < -0.39 is 0 Å². The number of hydrogen-bond donors (Lipinski definition) is 0. The third-order valence-electron chi connectivity index (χ3n) is 2.94. The van der Waals surface area contributed by atoms with E-state index in [0.29, 0.717) is 0 Å². The first-order valence-electron chi connectivity index (χ1n) is 6.95. The summed E-state index contributed by atoms with van der Waals surface area (Å²) in [5.74, 6) is 6.43. The van der Waals surface area contributed by atoms with Crippen molar-refractivity contribution in [3.63, 3.8) is 0 Å². The van der Waals surface area contributed by atoms with E-state index in [1.165, 1.54) is 10.8 Å². The van der Waals surface area contributed by atoms with Gasteiger partial charge < -0.3 is 0 Å². The van der Waals surface area contributed by atoms with Gasteiger partial charge in [-0.15, -0.1) is 0 Å². The van der Waals surface area contributed by atoms with Crippen molar-refractivity contribution < 1.29 is 0 Å². The second-order valence-corrected chi connectivity index (χ2v) is 5.64. The molecule has 0 aliphatic rings. The fraction of sp³-hybridized carbons (Fsp3) is 0.278. The number of para-hydroxylation sites is 1. The van der Waals surface area contributed by atoms with E-state index in [2.05, 4.69) is 63.7 Å². The van der Waals surface area contributed by atoms with Gasteiger partial charge in [0.15, 0.2) is 0 Å². The molecule has 0 radical (unpaired) electrons. The number of alkyl halides is 1. The Morgan fingerprint density at radius 2 is 2.00 bits per heavy atom. The molecule has 0 amide bonds. The molecule has 2 rings (SSSR count). The Hall–Kier alpha value is -1.34. The highest BCUT2D eigenvalue weighted by molar-refractivity contribution is 14.1. The number of aromatic nitrogens is 1. The summed E-state index contributed by atoms with van der Waals surface area (Å²) in [6.45, 7) is 0. The zero-order chi connectivity index (χ0) is 14.0. The van der Waals surface area contributed by atoms with Gasteiger partial charge in [0.25, 0.3) is 0 Å². The summed E-state index contributed by atoms with van der Waals surface area (Å²) < 4.78 is 1.20. The predicted octanol–water partition coefficient (Wildman–Crippen LogP) is 5.14. The Bertz CT molecular complexity index is 634. The van der Waals surface area contributed by atoms with Gasteiger partial charge in [0.2, 0.25) is 0 Å². The maximum absolute atomic E-state index is 4.42. The van der Waals surface area contributed by atoms with Crippen molar-refractivity contribution >= 4 is 33.5 Å². The van der Waals surface area contributed by atoms with Gasteiger partial charge in [-0.2, -0.15) is 0 Å². The Morgan fingerprint density at radius 1 is 1.15 bits per heavy atom. The van der Waals surface area contributed by atoms with Gasteiger partial charge in [0, 0.05) is 28.0 Å². The maximum atomic E-state index is 4.42. The number of allylic oxidation sites excluding steroid dienone is 2. The minimum atomic E-state index is 0.946. The second kappa shape index (κ2) is 8.76. The number of nitrogens with zero attached hydrogens (tertiary/aromatic N) is 1. The van der Waals surface area contributed by atoms with Crippen LogP contribution in [0.4, 0.5) is 0 Å². The molecule has 20 heavy (non-hydrogen) atoms. The highest BCUT2D eigenvalue weighted by Crippen LogP contribution is 2.11. The molecule has 1 aromatic heterocycles. The molecule has 2 heteroatoms. The SMILES string of the molecule is ICC/C=C/CCCC#Cc1cnc2ccccc2c1. The Balaban J connectivity index is 1.84. The van der Waals surface area contributed by atoms with Gasteiger partial charge >= 0.3 is 0 Å². The predicted molar refractivity (Wildman–Crippen MR) is 95.1 cm³/mol. The molecule has 1 nitrogen and oxygen atoms in total. The van der Waals surface area contributed by atoms with Crippen molar-refractivity contribution in [1.29, 1.82) is 0 Å². The standard InChI is InChI=1S/C18H18IN/c19-13-9-5-3-1-2-4-6-10-16-14-17-11-7-8-12-18(17)20-15-16/h3,5,7-8,11-12,14-15H,1-2,4,9,13H2/b5-3+. The zero-order valence-electron chi connectivity index (χ0n) is 11.5. The normalized spacial score (nSPS) is 10.7. The molecule has 1 aromatic carbocycles. The number of hydrogen-bond acceptors (Lipinski definition) is 1. The lowest BCUT2D eigenvalue weighted by atomic mass is 10.1. The molecular weight excluding hydrogens is 357 g/mol. The van der Waals surface area contributed by atoms with E-state index in [9.17, 15) is 0 Å². The lowest BCUT2D eigenvalue weighted by Gasteiger charge is -1.96. The highest BCUT2D eigenvalue weighted by Gasteiger charge is 1.93. The van der Waals surface area contributed by atoms with E-state index in [4.69, 9.17) is 0 Å². The van der Waals surface area contributed by atoms with Crippen molar-refractivity contribution in [3.8, 4) is 11.8 Å². The quantitative estimate of drug-likeness (QED) is 0.232. The molecule has 0 N–H and O–H groups in total. The fourth-order valence-corrected chi connectivity index (χ4v) is 2.27. The lowest BCUT2D eigenvalue weighted by Crippen LogP contribution is -1.81. The molecule has 0 saturated carbocycles. The van der Waals surface area contributed by atoms with Crippen molar-refractivity contribution in [1.82, 2.24) is 4.98 Å². The van der Waals surface area contributed by atoms with Crippen LogP contribution in [0.25, 0.3) is 10.9 Å². The fourth-order valence-electron chi connectivity index (χ4n) is 1.91. The van der Waals surface area contributed by atoms with Gasteiger partial charge in [0.05, 0.1) is 5.52 Å². The van der Waals surface area contributed by atoms with E-state index in [0.717, 1.165) is 35.7 Å². The number of benzene rings is 1. The highest BCUT2D eigenvalue weighted by atomic mass is 127. The Kier molecular flexibility index (Phi) is 6.59. The number of halogens is 1. The summed E-state index contributed by atoms with van der Waals surface area (Å²) in [6, 6.07) is 10.2. The van der Waals surface area contributed by atoms with Crippen LogP contribution in [0.2, 0.25) is 0 Å². The number of rotatable bonds is 5. The molecule has 0 bridgehead atoms. The van der Waals surface area contributed by atoms with Gasteiger partial charge in [-0.1, -0.05) is 64.8 Å². The molecular formula is C18H18IN.